The maximum absolute atomic E-state index is 12.3. The van der Waals surface area contributed by atoms with Gasteiger partial charge in [0.15, 0.2) is 0 Å². The molecule has 1 N–H and O–H groups in total. The molecule has 0 saturated carbocycles. The molecule has 0 aliphatic carbocycles. The van der Waals surface area contributed by atoms with Crippen LogP contribution in [-0.2, 0) is 20.0 Å². The quantitative estimate of drug-likeness (QED) is 0.757. The maximum Gasteiger partial charge on any atom is 0.269 e. The first-order valence-electron chi connectivity index (χ1n) is 8.31. The van der Waals surface area contributed by atoms with Crippen LogP contribution in [0.2, 0.25) is 0 Å². The topological polar surface area (TPSA) is 56.1 Å². The lowest BCUT2D eigenvalue weighted by molar-refractivity contribution is 0.0941. The monoisotopic (exact) mass is 327 g/mol. The van der Waals surface area contributed by atoms with Crippen LogP contribution in [0.3, 0.4) is 0 Å². The van der Waals surface area contributed by atoms with E-state index in [-0.39, 0.29) is 5.91 Å². The highest BCUT2D eigenvalue weighted by molar-refractivity contribution is 5.92. The minimum absolute atomic E-state index is 0.123. The summed E-state index contributed by atoms with van der Waals surface area (Å²) in [5, 5.41) is 7.23. The van der Waals surface area contributed by atoms with Gasteiger partial charge in [0, 0.05) is 13.6 Å². The van der Waals surface area contributed by atoms with E-state index < -0.39 is 0 Å². The lowest BCUT2D eigenvalue weighted by atomic mass is 10.2. The summed E-state index contributed by atoms with van der Waals surface area (Å²) < 4.78 is 7.28. The van der Waals surface area contributed by atoms with Gasteiger partial charge in [-0.1, -0.05) is 38.1 Å². The highest BCUT2D eigenvalue weighted by atomic mass is 16.5. The molecule has 0 fully saturated rings. The molecule has 1 aromatic carbocycles. The molecular weight excluding hydrogens is 302 g/mol. The molecule has 2 aromatic rings. The summed E-state index contributed by atoms with van der Waals surface area (Å²) in [7, 11) is 1.78. The number of allylic oxidation sites excluding steroid dienone is 1. The van der Waals surface area contributed by atoms with E-state index in [4.69, 9.17) is 4.74 Å². The number of nitrogens with zero attached hydrogens (tertiary/aromatic N) is 2. The van der Waals surface area contributed by atoms with E-state index in [1.54, 1.807) is 11.7 Å². The van der Waals surface area contributed by atoms with E-state index in [1.807, 2.05) is 43.3 Å². The van der Waals surface area contributed by atoms with Gasteiger partial charge in [0.05, 0.1) is 5.69 Å². The van der Waals surface area contributed by atoms with Crippen LogP contribution in [0, 0.1) is 0 Å². The Balaban J connectivity index is 1.92. The normalized spacial score (nSPS) is 11.0. The van der Waals surface area contributed by atoms with Crippen molar-refractivity contribution < 1.29 is 9.53 Å². The predicted octanol–water partition coefficient (Wildman–Crippen LogP) is 3.26. The number of hydrogen-bond acceptors (Lipinski definition) is 3. The Morgan fingerprint density at radius 1 is 1.29 bits per heavy atom. The molecule has 0 aliphatic heterocycles. The molecule has 1 aromatic heterocycles. The van der Waals surface area contributed by atoms with Crippen molar-refractivity contribution >= 4 is 5.91 Å². The Morgan fingerprint density at radius 2 is 2.12 bits per heavy atom. The van der Waals surface area contributed by atoms with Crippen molar-refractivity contribution in [3.05, 3.63) is 59.4 Å². The number of ether oxygens (including phenoxy) is 1. The van der Waals surface area contributed by atoms with Crippen LogP contribution in [0.5, 0.6) is 5.75 Å². The van der Waals surface area contributed by atoms with E-state index in [2.05, 4.69) is 23.4 Å². The SMILES string of the molecule is CCC=CCOc1cccc(CNC(=O)c2cc(CC)nn2C)c1. The second-order valence-corrected chi connectivity index (χ2v) is 5.52. The summed E-state index contributed by atoms with van der Waals surface area (Å²) in [5.74, 6) is 0.679. The first kappa shape index (κ1) is 17.8. The molecule has 5 nitrogen and oxygen atoms in total. The van der Waals surface area contributed by atoms with Crippen LogP contribution in [0.25, 0.3) is 0 Å². The van der Waals surface area contributed by atoms with Crippen molar-refractivity contribution in [2.75, 3.05) is 6.61 Å². The van der Waals surface area contributed by atoms with Gasteiger partial charge < -0.3 is 10.1 Å². The van der Waals surface area contributed by atoms with Crippen LogP contribution >= 0.6 is 0 Å². The number of carbonyl (C=O) groups excluding carboxylic acids is 1. The van der Waals surface area contributed by atoms with Crippen molar-refractivity contribution in [3.63, 3.8) is 0 Å². The van der Waals surface area contributed by atoms with Crippen molar-refractivity contribution in [2.45, 2.75) is 33.2 Å². The molecule has 1 amide bonds. The molecular formula is C19H25N3O2. The molecule has 0 spiro atoms. The number of aryl methyl sites for hydroxylation is 2. The third-order valence-electron chi connectivity index (χ3n) is 3.63. The molecule has 0 aliphatic rings. The smallest absolute Gasteiger partial charge is 0.269 e. The summed E-state index contributed by atoms with van der Waals surface area (Å²) >= 11 is 0. The highest BCUT2D eigenvalue weighted by Gasteiger charge is 2.12. The zero-order valence-electron chi connectivity index (χ0n) is 14.6. The lowest BCUT2D eigenvalue weighted by Gasteiger charge is -2.08. The van der Waals surface area contributed by atoms with E-state index in [9.17, 15) is 4.79 Å². The van der Waals surface area contributed by atoms with Crippen molar-refractivity contribution in [3.8, 4) is 5.75 Å². The highest BCUT2D eigenvalue weighted by Crippen LogP contribution is 2.13. The number of benzene rings is 1. The number of aromatic nitrogens is 2. The first-order chi connectivity index (χ1) is 11.6. The predicted molar refractivity (Wildman–Crippen MR) is 95.1 cm³/mol. The summed E-state index contributed by atoms with van der Waals surface area (Å²) in [6, 6.07) is 9.59. The summed E-state index contributed by atoms with van der Waals surface area (Å²) in [6.45, 7) is 5.11. The number of rotatable bonds is 8. The van der Waals surface area contributed by atoms with Gasteiger partial charge in [0.1, 0.15) is 18.1 Å². The lowest BCUT2D eigenvalue weighted by Crippen LogP contribution is -2.25. The van der Waals surface area contributed by atoms with Crippen molar-refractivity contribution in [2.24, 2.45) is 7.05 Å². The number of amides is 1. The fourth-order valence-electron chi connectivity index (χ4n) is 2.31. The van der Waals surface area contributed by atoms with Gasteiger partial charge >= 0.3 is 0 Å². The second kappa shape index (κ2) is 8.91. The Bertz CT molecular complexity index is 704. The van der Waals surface area contributed by atoms with Gasteiger partial charge in [0.2, 0.25) is 0 Å². The third-order valence-corrected chi connectivity index (χ3v) is 3.63. The van der Waals surface area contributed by atoms with Crippen molar-refractivity contribution in [1.29, 1.82) is 0 Å². The Kier molecular flexibility index (Phi) is 6.61. The van der Waals surface area contributed by atoms with Crippen LogP contribution < -0.4 is 10.1 Å². The number of hydrogen-bond donors (Lipinski definition) is 1. The Morgan fingerprint density at radius 3 is 2.83 bits per heavy atom. The Hall–Kier alpha value is -2.56. The molecule has 0 bridgehead atoms. The molecule has 0 unspecified atom stereocenters. The number of nitrogens with one attached hydrogen (secondary N) is 1. The van der Waals surface area contributed by atoms with Gasteiger partial charge in [-0.2, -0.15) is 5.10 Å². The maximum atomic E-state index is 12.3. The molecule has 24 heavy (non-hydrogen) atoms. The van der Waals surface area contributed by atoms with Crippen molar-refractivity contribution in [1.82, 2.24) is 15.1 Å². The van der Waals surface area contributed by atoms with Gasteiger partial charge in [-0.05, 0) is 36.6 Å². The van der Waals surface area contributed by atoms with Crippen LogP contribution in [-0.4, -0.2) is 22.3 Å². The molecule has 0 radical (unpaired) electrons. The van der Waals surface area contributed by atoms with Crippen LogP contribution in [0.1, 0.15) is 42.0 Å². The van der Waals surface area contributed by atoms with E-state index in [1.165, 1.54) is 0 Å². The minimum Gasteiger partial charge on any atom is -0.490 e. The van der Waals surface area contributed by atoms with E-state index in [0.29, 0.717) is 18.8 Å². The second-order valence-electron chi connectivity index (χ2n) is 5.52. The average Bonchev–Trinajstić information content (AvgIpc) is 2.98. The largest absolute Gasteiger partial charge is 0.490 e. The average molecular weight is 327 g/mol. The summed E-state index contributed by atoms with van der Waals surface area (Å²) in [4.78, 5) is 12.3. The molecule has 0 atom stereocenters. The molecule has 5 heteroatoms. The fourth-order valence-corrected chi connectivity index (χ4v) is 2.31. The molecule has 128 valence electrons. The van der Waals surface area contributed by atoms with Crippen LogP contribution in [0.15, 0.2) is 42.5 Å². The summed E-state index contributed by atoms with van der Waals surface area (Å²) in [6.07, 6.45) is 5.89. The minimum atomic E-state index is -0.123. The first-order valence-corrected chi connectivity index (χ1v) is 8.31. The van der Waals surface area contributed by atoms with Gasteiger partial charge in [0.25, 0.3) is 5.91 Å². The van der Waals surface area contributed by atoms with Gasteiger partial charge in [-0.25, -0.2) is 0 Å². The number of carbonyl (C=O) groups is 1. The van der Waals surface area contributed by atoms with E-state index in [0.717, 1.165) is 29.8 Å². The summed E-state index contributed by atoms with van der Waals surface area (Å²) in [5.41, 5.74) is 2.49. The standard InChI is InChI=1S/C19H25N3O2/c1-4-6-7-11-24-17-10-8-9-15(12-17)14-20-19(23)18-13-16(5-2)21-22(18)3/h6-10,12-13H,4-5,11,14H2,1-3H3,(H,20,23). The van der Waals surface area contributed by atoms with Gasteiger partial charge in [-0.3, -0.25) is 9.48 Å². The third kappa shape index (κ3) is 4.98. The van der Waals surface area contributed by atoms with E-state index >= 15 is 0 Å². The molecule has 1 heterocycles. The molecule has 2 rings (SSSR count). The van der Waals surface area contributed by atoms with Gasteiger partial charge in [-0.15, -0.1) is 0 Å². The molecule has 0 saturated heterocycles. The Labute approximate surface area is 143 Å². The van der Waals surface area contributed by atoms with Crippen LogP contribution in [0.4, 0.5) is 0 Å². The zero-order valence-corrected chi connectivity index (χ0v) is 14.6. The zero-order chi connectivity index (χ0) is 17.4. The fraction of sp³-hybridized carbons (Fsp3) is 0.368.